The summed E-state index contributed by atoms with van der Waals surface area (Å²) in [6.07, 6.45) is 3.12. The van der Waals surface area contributed by atoms with Gasteiger partial charge in [-0.15, -0.1) is 0 Å². The molecule has 0 unspecified atom stereocenters. The van der Waals surface area contributed by atoms with E-state index in [1.807, 2.05) is 0 Å². The third-order valence-electron chi connectivity index (χ3n) is 2.82. The van der Waals surface area contributed by atoms with E-state index in [2.05, 4.69) is 35.0 Å². The van der Waals surface area contributed by atoms with Crippen LogP contribution >= 0.6 is 0 Å². The predicted octanol–water partition coefficient (Wildman–Crippen LogP) is 1.79. The second-order valence-electron chi connectivity index (χ2n) is 3.90. The lowest BCUT2D eigenvalue weighted by Gasteiger charge is -2.03. The summed E-state index contributed by atoms with van der Waals surface area (Å²) in [7, 11) is 1.73. The molecular formula is C13H18N2O. The highest BCUT2D eigenvalue weighted by molar-refractivity contribution is 5.84. The van der Waals surface area contributed by atoms with Crippen molar-refractivity contribution in [3.8, 4) is 0 Å². The van der Waals surface area contributed by atoms with Crippen LogP contribution in [-0.2, 0) is 17.7 Å². The van der Waals surface area contributed by atoms with Crippen LogP contribution < -0.4 is 5.73 Å². The van der Waals surface area contributed by atoms with Crippen LogP contribution in [0.2, 0.25) is 0 Å². The van der Waals surface area contributed by atoms with Gasteiger partial charge in [0.25, 0.3) is 0 Å². The minimum absolute atomic E-state index is 0.693. The van der Waals surface area contributed by atoms with Gasteiger partial charge in [0.15, 0.2) is 0 Å². The van der Waals surface area contributed by atoms with Gasteiger partial charge < -0.3 is 15.0 Å². The van der Waals surface area contributed by atoms with E-state index in [9.17, 15) is 0 Å². The van der Waals surface area contributed by atoms with Crippen LogP contribution in [0.1, 0.15) is 5.56 Å². The number of methoxy groups -OCH3 is 1. The summed E-state index contributed by atoms with van der Waals surface area (Å²) < 4.78 is 7.36. The second kappa shape index (κ2) is 5.14. The highest BCUT2D eigenvalue weighted by Gasteiger charge is 2.06. The van der Waals surface area contributed by atoms with E-state index >= 15 is 0 Å². The fourth-order valence-electron chi connectivity index (χ4n) is 2.05. The van der Waals surface area contributed by atoms with E-state index in [0.29, 0.717) is 6.54 Å². The summed E-state index contributed by atoms with van der Waals surface area (Å²) in [5.74, 6) is 0. The maximum absolute atomic E-state index is 5.63. The molecule has 2 rings (SSSR count). The fourth-order valence-corrected chi connectivity index (χ4v) is 2.05. The van der Waals surface area contributed by atoms with Crippen molar-refractivity contribution in [2.24, 2.45) is 5.73 Å². The monoisotopic (exact) mass is 218 g/mol. The lowest BCUT2D eigenvalue weighted by Crippen LogP contribution is -2.03. The zero-order chi connectivity index (χ0) is 11.4. The number of para-hydroxylation sites is 1. The standard InChI is InChI=1S/C13H18N2O/c1-16-9-8-15-10-11(6-7-14)12-4-2-3-5-13(12)15/h2-5,10H,6-9,14H2,1H3. The van der Waals surface area contributed by atoms with Gasteiger partial charge in [0, 0.05) is 30.8 Å². The molecule has 1 heterocycles. The van der Waals surface area contributed by atoms with Crippen molar-refractivity contribution in [2.75, 3.05) is 20.3 Å². The normalized spacial score (nSPS) is 11.1. The van der Waals surface area contributed by atoms with Crippen molar-refractivity contribution in [3.63, 3.8) is 0 Å². The number of nitrogens with zero attached hydrogens (tertiary/aromatic N) is 1. The molecular weight excluding hydrogens is 200 g/mol. The van der Waals surface area contributed by atoms with E-state index in [1.165, 1.54) is 16.5 Å². The number of benzene rings is 1. The van der Waals surface area contributed by atoms with E-state index < -0.39 is 0 Å². The van der Waals surface area contributed by atoms with Gasteiger partial charge in [0.05, 0.1) is 6.61 Å². The molecule has 3 heteroatoms. The first-order valence-electron chi connectivity index (χ1n) is 5.62. The van der Waals surface area contributed by atoms with Gasteiger partial charge in [0.2, 0.25) is 0 Å². The van der Waals surface area contributed by atoms with E-state index in [1.54, 1.807) is 7.11 Å². The van der Waals surface area contributed by atoms with Crippen molar-refractivity contribution in [2.45, 2.75) is 13.0 Å². The van der Waals surface area contributed by atoms with E-state index in [4.69, 9.17) is 10.5 Å². The van der Waals surface area contributed by atoms with Crippen LogP contribution in [0.3, 0.4) is 0 Å². The third kappa shape index (κ3) is 2.10. The Kier molecular flexibility index (Phi) is 3.59. The minimum Gasteiger partial charge on any atom is -0.383 e. The van der Waals surface area contributed by atoms with Crippen molar-refractivity contribution in [1.82, 2.24) is 4.57 Å². The molecule has 86 valence electrons. The summed E-state index contributed by atoms with van der Waals surface area (Å²) in [5.41, 5.74) is 8.22. The van der Waals surface area contributed by atoms with E-state index in [-0.39, 0.29) is 0 Å². The molecule has 0 aliphatic carbocycles. The minimum atomic E-state index is 0.693. The number of hydrogen-bond donors (Lipinski definition) is 1. The van der Waals surface area contributed by atoms with Gasteiger partial charge in [0.1, 0.15) is 0 Å². The van der Waals surface area contributed by atoms with Crippen LogP contribution in [-0.4, -0.2) is 24.8 Å². The Morgan fingerprint density at radius 3 is 2.88 bits per heavy atom. The molecule has 0 aliphatic heterocycles. The molecule has 0 aliphatic rings. The highest BCUT2D eigenvalue weighted by Crippen LogP contribution is 2.21. The first-order valence-corrected chi connectivity index (χ1v) is 5.62. The van der Waals surface area contributed by atoms with Gasteiger partial charge in [-0.05, 0) is 24.6 Å². The quantitative estimate of drug-likeness (QED) is 0.831. The summed E-state index contributed by atoms with van der Waals surface area (Å²) in [5, 5.41) is 1.31. The Balaban J connectivity index is 2.40. The SMILES string of the molecule is COCCn1cc(CCN)c2ccccc21. The van der Waals surface area contributed by atoms with Crippen LogP contribution in [0, 0.1) is 0 Å². The highest BCUT2D eigenvalue weighted by atomic mass is 16.5. The average molecular weight is 218 g/mol. The summed E-state index contributed by atoms with van der Waals surface area (Å²) in [6, 6.07) is 8.44. The number of fused-ring (bicyclic) bond motifs is 1. The molecule has 16 heavy (non-hydrogen) atoms. The number of rotatable bonds is 5. The Bertz CT molecular complexity index is 462. The van der Waals surface area contributed by atoms with Gasteiger partial charge in [-0.1, -0.05) is 18.2 Å². The smallest absolute Gasteiger partial charge is 0.0641 e. The van der Waals surface area contributed by atoms with Gasteiger partial charge in [-0.25, -0.2) is 0 Å². The van der Waals surface area contributed by atoms with Gasteiger partial charge >= 0.3 is 0 Å². The largest absolute Gasteiger partial charge is 0.383 e. The number of ether oxygens (including phenoxy) is 1. The second-order valence-corrected chi connectivity index (χ2v) is 3.90. The van der Waals surface area contributed by atoms with Crippen molar-refractivity contribution < 1.29 is 4.74 Å². The molecule has 2 aromatic rings. The Labute approximate surface area is 95.8 Å². The topological polar surface area (TPSA) is 40.2 Å². The lowest BCUT2D eigenvalue weighted by molar-refractivity contribution is 0.188. The molecule has 0 spiro atoms. The molecule has 0 saturated carbocycles. The molecule has 0 atom stereocenters. The van der Waals surface area contributed by atoms with Crippen molar-refractivity contribution in [3.05, 3.63) is 36.0 Å². The Morgan fingerprint density at radius 1 is 1.31 bits per heavy atom. The molecule has 1 aromatic heterocycles. The van der Waals surface area contributed by atoms with Crippen LogP contribution in [0.4, 0.5) is 0 Å². The van der Waals surface area contributed by atoms with Gasteiger partial charge in [-0.3, -0.25) is 0 Å². The molecule has 0 bridgehead atoms. The molecule has 2 N–H and O–H groups in total. The van der Waals surface area contributed by atoms with Crippen LogP contribution in [0.15, 0.2) is 30.5 Å². The maximum Gasteiger partial charge on any atom is 0.0641 e. The maximum atomic E-state index is 5.63. The summed E-state index contributed by atoms with van der Waals surface area (Å²) in [6.45, 7) is 2.32. The zero-order valence-corrected chi connectivity index (χ0v) is 9.65. The number of nitrogens with two attached hydrogens (primary N) is 1. The molecule has 1 aromatic carbocycles. The first-order chi connectivity index (χ1) is 7.86. The third-order valence-corrected chi connectivity index (χ3v) is 2.82. The molecule has 3 nitrogen and oxygen atoms in total. The van der Waals surface area contributed by atoms with Crippen LogP contribution in [0.5, 0.6) is 0 Å². The predicted molar refractivity (Wildman–Crippen MR) is 66.6 cm³/mol. The number of hydrogen-bond acceptors (Lipinski definition) is 2. The average Bonchev–Trinajstić information content (AvgIpc) is 2.66. The molecule has 0 fully saturated rings. The van der Waals surface area contributed by atoms with Crippen molar-refractivity contribution >= 4 is 10.9 Å². The molecule has 0 saturated heterocycles. The summed E-state index contributed by atoms with van der Waals surface area (Å²) in [4.78, 5) is 0. The number of aromatic nitrogens is 1. The lowest BCUT2D eigenvalue weighted by atomic mass is 10.1. The Hall–Kier alpha value is -1.32. The summed E-state index contributed by atoms with van der Waals surface area (Å²) >= 11 is 0. The van der Waals surface area contributed by atoms with E-state index in [0.717, 1.165) is 19.6 Å². The first kappa shape index (κ1) is 11.2. The molecule has 0 amide bonds. The van der Waals surface area contributed by atoms with Crippen molar-refractivity contribution in [1.29, 1.82) is 0 Å². The van der Waals surface area contributed by atoms with Crippen LogP contribution in [0.25, 0.3) is 10.9 Å². The fraction of sp³-hybridized carbons (Fsp3) is 0.385. The molecule has 0 radical (unpaired) electrons. The Morgan fingerprint density at radius 2 is 2.12 bits per heavy atom. The zero-order valence-electron chi connectivity index (χ0n) is 9.65. The van der Waals surface area contributed by atoms with Gasteiger partial charge in [-0.2, -0.15) is 0 Å².